The van der Waals surface area contributed by atoms with E-state index in [1.165, 1.54) is 32.1 Å². The van der Waals surface area contributed by atoms with E-state index in [-0.39, 0.29) is 0 Å². The van der Waals surface area contributed by atoms with Crippen molar-refractivity contribution in [3.05, 3.63) is 0 Å². The summed E-state index contributed by atoms with van der Waals surface area (Å²) in [4.78, 5) is 0. The molecular formula is C11H25InO. The fourth-order valence-electron chi connectivity index (χ4n) is 1.58. The quantitative estimate of drug-likeness (QED) is 0.771. The van der Waals surface area contributed by atoms with E-state index in [2.05, 4.69) is 14.0 Å². The van der Waals surface area contributed by atoms with Gasteiger partial charge in [-0.2, -0.15) is 0 Å². The first-order valence-electron chi connectivity index (χ1n) is 5.65. The second-order valence-corrected chi connectivity index (χ2v) is 14.6. The molecule has 0 amide bonds. The summed E-state index contributed by atoms with van der Waals surface area (Å²) in [5.74, 6) is 0.991. The van der Waals surface area contributed by atoms with Crippen LogP contribution in [0.2, 0.25) is 14.0 Å². The minimum absolute atomic E-state index is 0.637. The van der Waals surface area contributed by atoms with E-state index in [9.17, 15) is 0 Å². The van der Waals surface area contributed by atoms with Gasteiger partial charge in [0.05, 0.1) is 0 Å². The van der Waals surface area contributed by atoms with Crippen LogP contribution in [0.25, 0.3) is 0 Å². The Balaban J connectivity index is 0.000000310. The first-order valence-corrected chi connectivity index (χ1v) is 15.5. The Hall–Kier alpha value is 0.830. The SMILES string of the molecule is COCCC1CCCC1.[CH3][In]([CH3])[CH3]. The topological polar surface area (TPSA) is 9.23 Å². The van der Waals surface area contributed by atoms with Crippen molar-refractivity contribution in [1.29, 1.82) is 0 Å². The fourth-order valence-corrected chi connectivity index (χ4v) is 1.58. The van der Waals surface area contributed by atoms with Crippen molar-refractivity contribution in [3.63, 3.8) is 0 Å². The second-order valence-electron chi connectivity index (χ2n) is 4.66. The van der Waals surface area contributed by atoms with Gasteiger partial charge in [0.2, 0.25) is 0 Å². The van der Waals surface area contributed by atoms with Crippen LogP contribution in [0, 0.1) is 5.92 Å². The van der Waals surface area contributed by atoms with Crippen LogP contribution in [-0.2, 0) is 4.74 Å². The summed E-state index contributed by atoms with van der Waals surface area (Å²) in [5.41, 5.74) is 0. The van der Waals surface area contributed by atoms with Crippen molar-refractivity contribution in [2.24, 2.45) is 5.92 Å². The van der Waals surface area contributed by atoms with Crippen LogP contribution in [0.1, 0.15) is 32.1 Å². The zero-order valence-corrected chi connectivity index (χ0v) is 13.1. The molecule has 13 heavy (non-hydrogen) atoms. The molecule has 1 rings (SSSR count). The van der Waals surface area contributed by atoms with E-state index in [0.717, 1.165) is 12.5 Å². The van der Waals surface area contributed by atoms with Crippen molar-refractivity contribution in [3.8, 4) is 0 Å². The van der Waals surface area contributed by atoms with Gasteiger partial charge in [0.1, 0.15) is 0 Å². The fraction of sp³-hybridized carbons (Fsp3) is 1.00. The van der Waals surface area contributed by atoms with Crippen LogP contribution < -0.4 is 0 Å². The van der Waals surface area contributed by atoms with Gasteiger partial charge in [-0.05, 0) is 12.3 Å². The van der Waals surface area contributed by atoms with Gasteiger partial charge in [-0.3, -0.25) is 0 Å². The van der Waals surface area contributed by atoms with Gasteiger partial charge < -0.3 is 4.74 Å². The standard InChI is InChI=1S/C8H16O.3CH3.In/c1-9-7-6-8-4-2-3-5-8;;;;/h8H,2-7H2,1H3;3*1H3;. The summed E-state index contributed by atoms with van der Waals surface area (Å²) < 4.78 is 12.1. The molecule has 0 bridgehead atoms. The van der Waals surface area contributed by atoms with Crippen molar-refractivity contribution in [2.75, 3.05) is 13.7 Å². The third kappa shape index (κ3) is 10.8. The van der Waals surface area contributed by atoms with Crippen LogP contribution in [0.4, 0.5) is 0 Å². The molecule has 78 valence electrons. The van der Waals surface area contributed by atoms with Gasteiger partial charge in [-0.15, -0.1) is 0 Å². The van der Waals surface area contributed by atoms with Gasteiger partial charge in [-0.1, -0.05) is 25.7 Å². The van der Waals surface area contributed by atoms with Crippen molar-refractivity contribution in [1.82, 2.24) is 0 Å². The predicted molar refractivity (Wildman–Crippen MR) is 61.8 cm³/mol. The molecule has 1 aliphatic rings. The molecule has 1 nitrogen and oxygen atoms in total. The van der Waals surface area contributed by atoms with Gasteiger partial charge in [0.25, 0.3) is 0 Å². The monoisotopic (exact) mass is 288 g/mol. The van der Waals surface area contributed by atoms with Gasteiger partial charge in [0, 0.05) is 13.7 Å². The van der Waals surface area contributed by atoms with E-state index in [1.807, 2.05) is 0 Å². The molecule has 0 heterocycles. The Morgan fingerprint density at radius 1 is 1.15 bits per heavy atom. The Morgan fingerprint density at radius 2 is 1.62 bits per heavy atom. The zero-order valence-electron chi connectivity index (χ0n) is 9.81. The summed E-state index contributed by atoms with van der Waals surface area (Å²) in [6.45, 7) is 0.963. The number of methoxy groups -OCH3 is 1. The molecule has 2 heteroatoms. The van der Waals surface area contributed by atoms with Gasteiger partial charge in [0.15, 0.2) is 0 Å². The molecule has 1 saturated carbocycles. The predicted octanol–water partition coefficient (Wildman–Crippen LogP) is 3.58. The summed E-state index contributed by atoms with van der Waals surface area (Å²) >= 11 is -0.637. The van der Waals surface area contributed by atoms with Gasteiger partial charge >= 0.3 is 35.5 Å². The number of hydrogen-bond donors (Lipinski definition) is 0. The minimum atomic E-state index is -0.637. The molecule has 0 unspecified atom stereocenters. The van der Waals surface area contributed by atoms with Crippen molar-refractivity contribution in [2.45, 2.75) is 46.1 Å². The first kappa shape index (κ1) is 13.8. The molecule has 0 aliphatic heterocycles. The molecule has 0 aromatic rings. The first-order chi connectivity index (χ1) is 6.16. The van der Waals surface area contributed by atoms with Crippen LogP contribution in [-0.4, -0.2) is 35.2 Å². The maximum atomic E-state index is 5.00. The average molecular weight is 288 g/mol. The summed E-state index contributed by atoms with van der Waals surface area (Å²) in [5, 5.41) is 0. The Morgan fingerprint density at radius 3 is 2.00 bits per heavy atom. The maximum absolute atomic E-state index is 5.00. The molecule has 1 aliphatic carbocycles. The van der Waals surface area contributed by atoms with E-state index in [1.54, 1.807) is 7.11 Å². The normalized spacial score (nSPS) is 16.6. The summed E-state index contributed by atoms with van der Waals surface area (Å²) in [6.07, 6.45) is 7.09. The van der Waals surface area contributed by atoms with E-state index < -0.39 is 21.4 Å². The molecule has 0 N–H and O–H groups in total. The van der Waals surface area contributed by atoms with Crippen molar-refractivity contribution >= 4 is 21.4 Å². The third-order valence-electron chi connectivity index (χ3n) is 2.20. The second kappa shape index (κ2) is 9.39. The Kier molecular flexibility index (Phi) is 9.99. The molecule has 1 fully saturated rings. The Bertz CT molecular complexity index is 95.5. The van der Waals surface area contributed by atoms with E-state index >= 15 is 0 Å². The third-order valence-corrected chi connectivity index (χ3v) is 2.20. The molecule has 0 saturated heterocycles. The molecular weight excluding hydrogens is 263 g/mol. The van der Waals surface area contributed by atoms with Crippen LogP contribution >= 0.6 is 0 Å². The van der Waals surface area contributed by atoms with Crippen LogP contribution in [0.15, 0.2) is 0 Å². The van der Waals surface area contributed by atoms with Crippen LogP contribution in [0.5, 0.6) is 0 Å². The number of hydrogen-bond acceptors (Lipinski definition) is 1. The zero-order chi connectivity index (χ0) is 10.1. The molecule has 0 aromatic carbocycles. The molecule has 0 aromatic heterocycles. The average Bonchev–Trinajstić information content (AvgIpc) is 2.51. The van der Waals surface area contributed by atoms with E-state index in [0.29, 0.717) is 0 Å². The van der Waals surface area contributed by atoms with E-state index in [4.69, 9.17) is 4.74 Å². The Labute approximate surface area is 91.8 Å². The summed E-state index contributed by atoms with van der Waals surface area (Å²) in [7, 11) is 1.79. The molecule has 0 spiro atoms. The van der Waals surface area contributed by atoms with Crippen LogP contribution in [0.3, 0.4) is 0 Å². The molecule has 0 radical (unpaired) electrons. The molecule has 0 atom stereocenters. The number of ether oxygens (including phenoxy) is 1. The van der Waals surface area contributed by atoms with Crippen molar-refractivity contribution < 1.29 is 4.74 Å². The van der Waals surface area contributed by atoms with Gasteiger partial charge in [-0.25, -0.2) is 0 Å². The number of rotatable bonds is 3. The summed E-state index contributed by atoms with van der Waals surface area (Å²) in [6, 6.07) is 0.